The van der Waals surface area contributed by atoms with Gasteiger partial charge in [-0.1, -0.05) is 97.9 Å². The molecule has 1 nitrogen and oxygen atoms in total. The van der Waals surface area contributed by atoms with E-state index in [0.29, 0.717) is 11.8 Å². The Balaban J connectivity index is 0. The van der Waals surface area contributed by atoms with Crippen LogP contribution < -0.4 is 0 Å². The van der Waals surface area contributed by atoms with Gasteiger partial charge in [0.1, 0.15) is 0 Å². The van der Waals surface area contributed by atoms with Gasteiger partial charge in [-0.3, -0.25) is 0 Å². The van der Waals surface area contributed by atoms with E-state index in [1.807, 2.05) is 0 Å². The molecule has 0 aliphatic carbocycles. The average molecular weight is 395 g/mol. The van der Waals surface area contributed by atoms with Gasteiger partial charge in [0.15, 0.2) is 11.6 Å². The first-order valence-electron chi connectivity index (χ1n) is 10.2. The van der Waals surface area contributed by atoms with Crippen molar-refractivity contribution in [1.29, 1.82) is 0 Å². The summed E-state index contributed by atoms with van der Waals surface area (Å²) >= 11 is 0. The number of hydrogen-bond acceptors (Lipinski definition) is 1. The summed E-state index contributed by atoms with van der Waals surface area (Å²) in [5.74, 6) is -1.65. The van der Waals surface area contributed by atoms with Crippen LogP contribution in [0.4, 0.5) is 8.78 Å². The van der Waals surface area contributed by atoms with E-state index in [1.54, 1.807) is 19.1 Å². The predicted molar refractivity (Wildman–Crippen MR) is 120 cm³/mol. The first kappa shape index (κ1) is 28.3. The Bertz CT molecular complexity index is 577. The minimum atomic E-state index is -1.15. The Morgan fingerprint density at radius 3 is 1.82 bits per heavy atom. The Hall–Kier alpha value is -1.90. The Morgan fingerprint density at radius 1 is 0.857 bits per heavy atom. The molecule has 160 valence electrons. The normalized spacial score (nSPS) is 12.8. The van der Waals surface area contributed by atoms with Crippen molar-refractivity contribution >= 4 is 0 Å². The van der Waals surface area contributed by atoms with Crippen LogP contribution in [0.25, 0.3) is 0 Å². The Kier molecular flexibility index (Phi) is 16.3. The lowest BCUT2D eigenvalue weighted by Crippen LogP contribution is -1.99. The fourth-order valence-corrected chi connectivity index (χ4v) is 1.87. The highest BCUT2D eigenvalue weighted by atomic mass is 19.2. The molecule has 0 saturated heterocycles. The minimum absolute atomic E-state index is 0.132. The number of rotatable bonds is 12. The van der Waals surface area contributed by atoms with Crippen molar-refractivity contribution in [3.8, 4) is 0 Å². The van der Waals surface area contributed by atoms with Crippen LogP contribution in [0.15, 0.2) is 72.6 Å². The van der Waals surface area contributed by atoms with E-state index in [0.717, 1.165) is 18.4 Å². The van der Waals surface area contributed by atoms with E-state index in [9.17, 15) is 8.78 Å². The molecule has 0 bridgehead atoms. The summed E-state index contributed by atoms with van der Waals surface area (Å²) in [5, 5.41) is 0. The maximum Gasteiger partial charge on any atom is 0.200 e. The molecular formula is C25H40F2O. The van der Waals surface area contributed by atoms with Gasteiger partial charge in [-0.15, -0.1) is 0 Å². The van der Waals surface area contributed by atoms with Crippen molar-refractivity contribution < 1.29 is 13.5 Å². The minimum Gasteiger partial charge on any atom is -0.491 e. The van der Waals surface area contributed by atoms with E-state index in [-0.39, 0.29) is 23.5 Å². The van der Waals surface area contributed by atoms with Crippen LogP contribution in [0, 0.1) is 11.8 Å². The lowest BCUT2D eigenvalue weighted by atomic mass is 9.93. The standard InChI is InChI=1S/C21H30F2O.C4H10/c1-9-24-19(8)21(23)20(22)18(7)17(6)13-12-16(5)15(4)11-10-14(2)3;1-3-4-2/h12-15H,5-11H2,1-4H3;3-4H2,1-2H3/b13-12-,21-20-;. The van der Waals surface area contributed by atoms with Crippen molar-refractivity contribution in [2.24, 2.45) is 11.8 Å². The van der Waals surface area contributed by atoms with Gasteiger partial charge in [0, 0.05) is 5.57 Å². The first-order chi connectivity index (χ1) is 13.0. The molecule has 28 heavy (non-hydrogen) atoms. The Morgan fingerprint density at radius 2 is 1.39 bits per heavy atom. The SMILES string of the molecule is C=C(/C=C\C(=C)C(C)CCC(C)C)C(=C)/C(F)=C(/F)C(=C)OCC.CCCC. The molecule has 1 atom stereocenters. The van der Waals surface area contributed by atoms with Crippen molar-refractivity contribution in [2.75, 3.05) is 6.61 Å². The van der Waals surface area contributed by atoms with Crippen LogP contribution in [0.2, 0.25) is 0 Å². The van der Waals surface area contributed by atoms with Gasteiger partial charge >= 0.3 is 0 Å². The van der Waals surface area contributed by atoms with Crippen molar-refractivity contribution in [3.05, 3.63) is 72.6 Å². The lowest BCUT2D eigenvalue weighted by Gasteiger charge is -2.13. The van der Waals surface area contributed by atoms with Gasteiger partial charge in [-0.25, -0.2) is 4.39 Å². The van der Waals surface area contributed by atoms with Gasteiger partial charge in [0.25, 0.3) is 0 Å². The lowest BCUT2D eigenvalue weighted by molar-refractivity contribution is 0.224. The number of unbranched alkanes of at least 4 members (excludes halogenated alkanes) is 1. The summed E-state index contributed by atoms with van der Waals surface area (Å²) in [6.07, 6.45) is 8.17. The zero-order valence-corrected chi connectivity index (χ0v) is 18.8. The van der Waals surface area contributed by atoms with E-state index >= 15 is 0 Å². The topological polar surface area (TPSA) is 9.23 Å². The van der Waals surface area contributed by atoms with Crippen LogP contribution in [0.5, 0.6) is 0 Å². The molecule has 0 rings (SSSR count). The van der Waals surface area contributed by atoms with Gasteiger partial charge in [-0.2, -0.15) is 4.39 Å². The number of allylic oxidation sites excluding steroid dienone is 7. The van der Waals surface area contributed by atoms with Crippen molar-refractivity contribution in [1.82, 2.24) is 0 Å². The average Bonchev–Trinajstić information content (AvgIpc) is 2.68. The molecule has 0 aromatic carbocycles. The highest BCUT2D eigenvalue weighted by Gasteiger charge is 2.15. The fourth-order valence-electron chi connectivity index (χ4n) is 1.87. The summed E-state index contributed by atoms with van der Waals surface area (Å²) in [7, 11) is 0. The molecule has 0 aromatic rings. The molecule has 0 heterocycles. The van der Waals surface area contributed by atoms with Gasteiger partial charge in [0.2, 0.25) is 5.83 Å². The van der Waals surface area contributed by atoms with Crippen LogP contribution in [0.1, 0.15) is 67.2 Å². The van der Waals surface area contributed by atoms with Gasteiger partial charge in [-0.05, 0) is 30.8 Å². The highest BCUT2D eigenvalue weighted by Crippen LogP contribution is 2.27. The quantitative estimate of drug-likeness (QED) is 0.237. The smallest absolute Gasteiger partial charge is 0.200 e. The molecule has 0 aliphatic rings. The van der Waals surface area contributed by atoms with Gasteiger partial charge < -0.3 is 4.74 Å². The summed E-state index contributed by atoms with van der Waals surface area (Å²) in [6.45, 7) is 27.3. The molecule has 0 N–H and O–H groups in total. The molecule has 3 heteroatoms. The summed E-state index contributed by atoms with van der Waals surface area (Å²) in [6, 6.07) is 0. The van der Waals surface area contributed by atoms with E-state index in [4.69, 9.17) is 4.74 Å². The summed E-state index contributed by atoms with van der Waals surface area (Å²) < 4.78 is 32.7. The fraction of sp³-hybridized carbons (Fsp3) is 0.520. The third kappa shape index (κ3) is 12.5. The maximum atomic E-state index is 14.1. The third-order valence-corrected chi connectivity index (χ3v) is 4.22. The third-order valence-electron chi connectivity index (χ3n) is 4.22. The molecule has 0 aromatic heterocycles. The number of ether oxygens (including phenoxy) is 1. The molecule has 0 amide bonds. The molecule has 1 unspecified atom stereocenters. The molecule has 0 saturated carbocycles. The zero-order valence-electron chi connectivity index (χ0n) is 18.8. The number of hydrogen-bond donors (Lipinski definition) is 0. The van der Waals surface area contributed by atoms with Crippen LogP contribution in [0.3, 0.4) is 0 Å². The van der Waals surface area contributed by atoms with Gasteiger partial charge in [0.05, 0.1) is 6.61 Å². The molecular weight excluding hydrogens is 354 g/mol. The predicted octanol–water partition coefficient (Wildman–Crippen LogP) is 8.79. The summed E-state index contributed by atoms with van der Waals surface area (Å²) in [4.78, 5) is 0. The monoisotopic (exact) mass is 394 g/mol. The number of halogens is 2. The molecule has 0 radical (unpaired) electrons. The molecule has 0 fully saturated rings. The molecule has 0 spiro atoms. The zero-order chi connectivity index (χ0) is 22.3. The van der Waals surface area contributed by atoms with Crippen LogP contribution >= 0.6 is 0 Å². The second-order valence-electron chi connectivity index (χ2n) is 7.27. The second-order valence-corrected chi connectivity index (χ2v) is 7.27. The molecule has 0 aliphatic heterocycles. The first-order valence-corrected chi connectivity index (χ1v) is 10.2. The van der Waals surface area contributed by atoms with E-state index in [1.165, 1.54) is 12.8 Å². The highest BCUT2D eigenvalue weighted by molar-refractivity contribution is 5.49. The van der Waals surface area contributed by atoms with E-state index in [2.05, 4.69) is 60.9 Å². The van der Waals surface area contributed by atoms with E-state index < -0.39 is 11.7 Å². The largest absolute Gasteiger partial charge is 0.491 e. The Labute approximate surface area is 172 Å². The summed E-state index contributed by atoms with van der Waals surface area (Å²) in [5.41, 5.74) is 1.07. The van der Waals surface area contributed by atoms with Crippen molar-refractivity contribution in [3.63, 3.8) is 0 Å². The van der Waals surface area contributed by atoms with Crippen LogP contribution in [-0.4, -0.2) is 6.61 Å². The van der Waals surface area contributed by atoms with Crippen molar-refractivity contribution in [2.45, 2.75) is 67.2 Å². The second kappa shape index (κ2) is 16.1. The maximum absolute atomic E-state index is 14.1. The van der Waals surface area contributed by atoms with Crippen LogP contribution in [-0.2, 0) is 4.74 Å².